The van der Waals surface area contributed by atoms with Crippen LogP contribution in [0, 0.1) is 6.92 Å². The van der Waals surface area contributed by atoms with Crippen molar-refractivity contribution in [3.63, 3.8) is 0 Å². The van der Waals surface area contributed by atoms with Gasteiger partial charge in [0.1, 0.15) is 5.82 Å². The third kappa shape index (κ3) is 3.59. The number of benzene rings is 2. The van der Waals surface area contributed by atoms with E-state index in [9.17, 15) is 9.59 Å². The van der Waals surface area contributed by atoms with Gasteiger partial charge in [-0.05, 0) is 36.8 Å². The maximum atomic E-state index is 12.5. The molecule has 0 saturated heterocycles. The minimum Gasteiger partial charge on any atom is -0.493 e. The summed E-state index contributed by atoms with van der Waals surface area (Å²) in [6, 6.07) is 15.1. The van der Waals surface area contributed by atoms with Crippen molar-refractivity contribution in [3.8, 4) is 17.2 Å². The van der Waals surface area contributed by atoms with Gasteiger partial charge in [-0.3, -0.25) is 9.59 Å². The molecule has 1 aliphatic heterocycles. The number of carbonyl (C=O) groups is 2. The van der Waals surface area contributed by atoms with E-state index in [1.165, 1.54) is 7.11 Å². The predicted octanol–water partition coefficient (Wildman–Crippen LogP) is 2.53. The standard InChI is InChI=1S/C22H22N4O4/c1-13-21-16(14-8-9-17(18(10-14)29-2)30-12-19(23)27)11-20(28)24-22(21)26(25-13)15-6-4-3-5-7-15/h3-10,16H,11-12H2,1-2H3,(H2,23,27)(H,24,28)/t16-/m0/s1. The molecule has 2 amide bonds. The van der Waals surface area contributed by atoms with E-state index in [0.717, 1.165) is 22.5 Å². The summed E-state index contributed by atoms with van der Waals surface area (Å²) in [5.74, 6) is 0.709. The number of anilines is 1. The minimum atomic E-state index is -0.571. The number of aryl methyl sites for hydroxylation is 1. The van der Waals surface area contributed by atoms with Gasteiger partial charge in [0, 0.05) is 17.9 Å². The summed E-state index contributed by atoms with van der Waals surface area (Å²) in [7, 11) is 1.52. The van der Waals surface area contributed by atoms with Gasteiger partial charge >= 0.3 is 0 Å². The first-order valence-corrected chi connectivity index (χ1v) is 9.51. The molecule has 4 rings (SSSR count). The van der Waals surface area contributed by atoms with E-state index in [1.807, 2.05) is 49.4 Å². The van der Waals surface area contributed by atoms with E-state index in [0.29, 0.717) is 23.7 Å². The first kappa shape index (κ1) is 19.5. The van der Waals surface area contributed by atoms with Crippen LogP contribution < -0.4 is 20.5 Å². The summed E-state index contributed by atoms with van der Waals surface area (Å²) in [6.45, 7) is 1.69. The van der Waals surface area contributed by atoms with E-state index < -0.39 is 5.91 Å². The highest BCUT2D eigenvalue weighted by atomic mass is 16.5. The Bertz CT molecular complexity index is 1110. The molecule has 0 saturated carbocycles. The average molecular weight is 406 g/mol. The van der Waals surface area contributed by atoms with E-state index in [-0.39, 0.29) is 18.4 Å². The predicted molar refractivity (Wildman–Crippen MR) is 111 cm³/mol. The number of ether oxygens (including phenoxy) is 2. The second kappa shape index (κ2) is 7.90. The molecule has 0 radical (unpaired) electrons. The van der Waals surface area contributed by atoms with Gasteiger partial charge < -0.3 is 20.5 Å². The number of methoxy groups -OCH3 is 1. The van der Waals surface area contributed by atoms with Gasteiger partial charge in [0.25, 0.3) is 5.91 Å². The van der Waals surface area contributed by atoms with Crippen LogP contribution in [-0.4, -0.2) is 35.3 Å². The number of hydrogen-bond acceptors (Lipinski definition) is 5. The molecular weight excluding hydrogens is 384 g/mol. The van der Waals surface area contributed by atoms with E-state index in [2.05, 4.69) is 10.4 Å². The Hall–Kier alpha value is -3.81. The maximum Gasteiger partial charge on any atom is 0.255 e. The average Bonchev–Trinajstić information content (AvgIpc) is 3.08. The summed E-state index contributed by atoms with van der Waals surface area (Å²) in [5, 5.41) is 7.65. The molecule has 2 heterocycles. The normalized spacial score (nSPS) is 15.3. The zero-order valence-corrected chi connectivity index (χ0v) is 16.7. The summed E-state index contributed by atoms with van der Waals surface area (Å²) < 4.78 is 12.6. The Balaban J connectivity index is 1.76. The van der Waals surface area contributed by atoms with Crippen LogP contribution in [0.15, 0.2) is 48.5 Å². The van der Waals surface area contributed by atoms with Gasteiger partial charge in [0.2, 0.25) is 5.91 Å². The third-order valence-electron chi connectivity index (χ3n) is 5.06. The largest absolute Gasteiger partial charge is 0.493 e. The number of nitrogens with one attached hydrogen (secondary N) is 1. The minimum absolute atomic E-state index is 0.0856. The van der Waals surface area contributed by atoms with Crippen molar-refractivity contribution < 1.29 is 19.1 Å². The van der Waals surface area contributed by atoms with Crippen molar-refractivity contribution in [2.24, 2.45) is 5.73 Å². The summed E-state index contributed by atoms with van der Waals surface area (Å²) in [6.07, 6.45) is 0.291. The molecule has 1 aliphatic rings. The molecule has 0 bridgehead atoms. The van der Waals surface area contributed by atoms with Crippen LogP contribution in [0.1, 0.15) is 29.2 Å². The van der Waals surface area contributed by atoms with Crippen molar-refractivity contribution in [1.29, 1.82) is 0 Å². The monoisotopic (exact) mass is 406 g/mol. The number of amides is 2. The van der Waals surface area contributed by atoms with Crippen LogP contribution in [0.3, 0.4) is 0 Å². The quantitative estimate of drug-likeness (QED) is 0.654. The number of nitrogens with zero attached hydrogens (tertiary/aromatic N) is 2. The Labute approximate surface area is 173 Å². The highest BCUT2D eigenvalue weighted by molar-refractivity contribution is 5.95. The lowest BCUT2D eigenvalue weighted by atomic mass is 9.85. The van der Waals surface area contributed by atoms with Crippen molar-refractivity contribution in [1.82, 2.24) is 9.78 Å². The van der Waals surface area contributed by atoms with E-state index in [1.54, 1.807) is 10.7 Å². The molecular formula is C22H22N4O4. The molecule has 3 aromatic rings. The molecule has 0 unspecified atom stereocenters. The molecule has 0 spiro atoms. The third-order valence-corrected chi connectivity index (χ3v) is 5.06. The molecule has 154 valence electrons. The van der Waals surface area contributed by atoms with Crippen LogP contribution >= 0.6 is 0 Å². The van der Waals surface area contributed by atoms with Gasteiger partial charge in [0.15, 0.2) is 18.1 Å². The topological polar surface area (TPSA) is 108 Å². The smallest absolute Gasteiger partial charge is 0.255 e. The fourth-order valence-corrected chi connectivity index (χ4v) is 3.76. The van der Waals surface area contributed by atoms with E-state index >= 15 is 0 Å². The second-order valence-corrected chi connectivity index (χ2v) is 7.07. The lowest BCUT2D eigenvalue weighted by Crippen LogP contribution is -2.25. The number of fused-ring (bicyclic) bond motifs is 1. The molecule has 2 aromatic carbocycles. The Morgan fingerprint density at radius 3 is 2.70 bits per heavy atom. The zero-order chi connectivity index (χ0) is 21.3. The van der Waals surface area contributed by atoms with Crippen LogP contribution in [0.2, 0.25) is 0 Å². The number of nitrogens with two attached hydrogens (primary N) is 1. The summed E-state index contributed by atoms with van der Waals surface area (Å²) in [4.78, 5) is 23.6. The molecule has 0 fully saturated rings. The lowest BCUT2D eigenvalue weighted by molar-refractivity contribution is -0.120. The molecule has 30 heavy (non-hydrogen) atoms. The van der Waals surface area contributed by atoms with Gasteiger partial charge in [-0.25, -0.2) is 4.68 Å². The van der Waals surface area contributed by atoms with Crippen LogP contribution in [0.25, 0.3) is 5.69 Å². The van der Waals surface area contributed by atoms with E-state index in [4.69, 9.17) is 15.2 Å². The lowest BCUT2D eigenvalue weighted by Gasteiger charge is -2.25. The molecule has 1 atom stereocenters. The fourth-order valence-electron chi connectivity index (χ4n) is 3.76. The Morgan fingerprint density at radius 1 is 1.23 bits per heavy atom. The molecule has 1 aromatic heterocycles. The van der Waals surface area contributed by atoms with Gasteiger partial charge in [-0.15, -0.1) is 0 Å². The molecule has 8 nitrogen and oxygen atoms in total. The van der Waals surface area contributed by atoms with Gasteiger partial charge in [-0.2, -0.15) is 5.10 Å². The van der Waals surface area contributed by atoms with Crippen molar-refractivity contribution in [2.75, 3.05) is 19.0 Å². The maximum absolute atomic E-state index is 12.5. The number of rotatable bonds is 6. The van der Waals surface area contributed by atoms with Crippen molar-refractivity contribution >= 4 is 17.6 Å². The first-order valence-electron chi connectivity index (χ1n) is 9.51. The van der Waals surface area contributed by atoms with Crippen LogP contribution in [0.5, 0.6) is 11.5 Å². The molecule has 3 N–H and O–H groups in total. The van der Waals surface area contributed by atoms with Crippen LogP contribution in [0.4, 0.5) is 5.82 Å². The second-order valence-electron chi connectivity index (χ2n) is 7.07. The number of hydrogen-bond donors (Lipinski definition) is 2. The van der Waals surface area contributed by atoms with Gasteiger partial charge in [-0.1, -0.05) is 24.3 Å². The highest BCUT2D eigenvalue weighted by Gasteiger charge is 2.33. The van der Waals surface area contributed by atoms with Crippen molar-refractivity contribution in [3.05, 3.63) is 65.4 Å². The first-order chi connectivity index (χ1) is 14.5. The number of aromatic nitrogens is 2. The highest BCUT2D eigenvalue weighted by Crippen LogP contribution is 2.42. The zero-order valence-electron chi connectivity index (χ0n) is 16.7. The molecule has 8 heteroatoms. The summed E-state index contributed by atoms with van der Waals surface area (Å²) >= 11 is 0. The van der Waals surface area contributed by atoms with Gasteiger partial charge in [0.05, 0.1) is 18.5 Å². The van der Waals surface area contributed by atoms with Crippen molar-refractivity contribution in [2.45, 2.75) is 19.3 Å². The number of carbonyl (C=O) groups excluding carboxylic acids is 2. The SMILES string of the molecule is COc1cc([C@@H]2CC(=O)Nc3c2c(C)nn3-c2ccccc2)ccc1OCC(N)=O. The molecule has 0 aliphatic carbocycles. The Morgan fingerprint density at radius 2 is 2.00 bits per heavy atom. The summed E-state index contributed by atoms with van der Waals surface area (Å²) in [5.41, 5.74) is 8.72. The Kier molecular flexibility index (Phi) is 5.14. The fraction of sp³-hybridized carbons (Fsp3) is 0.227. The number of primary amides is 1. The van der Waals surface area contributed by atoms with Crippen LogP contribution in [-0.2, 0) is 9.59 Å². The number of para-hydroxylation sites is 1.